The van der Waals surface area contributed by atoms with E-state index in [0.717, 1.165) is 12.8 Å². The fourth-order valence-electron chi connectivity index (χ4n) is 4.03. The zero-order valence-electron chi connectivity index (χ0n) is 16.9. The summed E-state index contributed by atoms with van der Waals surface area (Å²) in [5.41, 5.74) is 31.8. The molecule has 4 rings (SSSR count). The van der Waals surface area contributed by atoms with Crippen molar-refractivity contribution in [2.45, 2.75) is 37.0 Å². The smallest absolute Gasteiger partial charge is 0.233 e. The second-order valence-electron chi connectivity index (χ2n) is 8.21. The van der Waals surface area contributed by atoms with Crippen LogP contribution < -0.4 is 43.8 Å². The van der Waals surface area contributed by atoms with Crippen molar-refractivity contribution in [3.63, 3.8) is 0 Å². The van der Waals surface area contributed by atoms with Crippen molar-refractivity contribution in [2.24, 2.45) is 22.9 Å². The molecule has 2 aromatic rings. The molecule has 2 aliphatic heterocycles. The minimum Gasteiger partial charge on any atom is -0.397 e. The Morgan fingerprint density at radius 2 is 1.27 bits per heavy atom. The first-order valence-electron chi connectivity index (χ1n) is 10.1. The molecule has 0 radical (unpaired) electrons. The summed E-state index contributed by atoms with van der Waals surface area (Å²) in [5, 5.41) is 3.17. The third kappa shape index (κ3) is 4.84. The highest BCUT2D eigenvalue weighted by Crippen LogP contribution is 2.24. The lowest BCUT2D eigenvalue weighted by Crippen LogP contribution is -2.54. The normalized spacial score (nSPS) is 27.2. The second-order valence-corrected chi connectivity index (χ2v) is 8.21. The predicted molar refractivity (Wildman–Crippen MR) is 117 cm³/mol. The Labute approximate surface area is 175 Å². The zero-order chi connectivity index (χ0) is 21.3. The first-order chi connectivity index (χ1) is 14.4. The maximum Gasteiger partial charge on any atom is 0.233 e. The Morgan fingerprint density at radius 3 is 1.73 bits per heavy atom. The Kier molecular flexibility index (Phi) is 5.81. The molecule has 162 valence electrons. The van der Waals surface area contributed by atoms with Crippen LogP contribution in [0.4, 0.5) is 29.2 Å². The highest BCUT2D eigenvalue weighted by Gasteiger charge is 2.28. The number of nitrogens with one attached hydrogen (secondary N) is 1. The average Bonchev–Trinajstić information content (AvgIpc) is 2.66. The highest BCUT2D eigenvalue weighted by atomic mass is 15.4. The Hall–Kier alpha value is -2.80. The lowest BCUT2D eigenvalue weighted by molar-refractivity contribution is 0.441. The van der Waals surface area contributed by atoms with E-state index < -0.39 is 0 Å². The minimum atomic E-state index is -0.0414. The summed E-state index contributed by atoms with van der Waals surface area (Å²) in [6.45, 7) is 2.48. The summed E-state index contributed by atoms with van der Waals surface area (Å²) < 4.78 is 0. The van der Waals surface area contributed by atoms with Crippen LogP contribution in [0.15, 0.2) is 18.5 Å². The van der Waals surface area contributed by atoms with Crippen LogP contribution in [0.2, 0.25) is 0 Å². The summed E-state index contributed by atoms with van der Waals surface area (Å²) in [6, 6.07) is 1.59. The van der Waals surface area contributed by atoms with Crippen molar-refractivity contribution in [3.05, 3.63) is 18.5 Å². The Balaban J connectivity index is 1.68. The highest BCUT2D eigenvalue weighted by molar-refractivity contribution is 5.59. The van der Waals surface area contributed by atoms with E-state index in [2.05, 4.69) is 20.3 Å². The first-order valence-corrected chi connectivity index (χ1v) is 10.1. The van der Waals surface area contributed by atoms with Crippen molar-refractivity contribution in [2.75, 3.05) is 47.0 Å². The number of nitrogen functional groups attached to an aromatic ring is 1. The van der Waals surface area contributed by atoms with E-state index in [-0.39, 0.29) is 24.2 Å². The fourth-order valence-corrected chi connectivity index (χ4v) is 4.03. The Morgan fingerprint density at radius 1 is 0.767 bits per heavy atom. The standard InChI is InChI=1S/C18H30N12/c19-10-3-15(5-24-4-10)25-16-26-17(29-6-11(20)1-12(21)7-29)28-18(27-16)30-8-13(22)2-14(23)9-30/h3-5,11-14H,1-2,6-9,19-23H2,(H,25,26,27,28)/t11-,12+,13-,14+. The van der Waals surface area contributed by atoms with Gasteiger partial charge in [0.2, 0.25) is 17.8 Å². The van der Waals surface area contributed by atoms with Gasteiger partial charge in [0, 0.05) is 56.5 Å². The van der Waals surface area contributed by atoms with Crippen LogP contribution in [-0.2, 0) is 0 Å². The molecular weight excluding hydrogens is 384 g/mol. The minimum absolute atomic E-state index is 0.0414. The molecule has 0 aliphatic carbocycles. The molecule has 11 N–H and O–H groups in total. The van der Waals surface area contributed by atoms with E-state index >= 15 is 0 Å². The third-order valence-corrected chi connectivity index (χ3v) is 5.22. The summed E-state index contributed by atoms with van der Waals surface area (Å²) in [7, 11) is 0. The average molecular weight is 415 g/mol. The van der Waals surface area contributed by atoms with E-state index in [1.807, 2.05) is 9.80 Å². The molecule has 0 spiro atoms. The predicted octanol–water partition coefficient (Wildman–Crippen LogP) is -1.68. The molecule has 12 heteroatoms. The summed E-state index contributed by atoms with van der Waals surface area (Å²) in [5.74, 6) is 1.40. The van der Waals surface area contributed by atoms with Crippen LogP contribution in [-0.4, -0.2) is 70.3 Å². The van der Waals surface area contributed by atoms with Crippen molar-refractivity contribution in [1.82, 2.24) is 19.9 Å². The van der Waals surface area contributed by atoms with Gasteiger partial charge in [-0.25, -0.2) is 0 Å². The second kappa shape index (κ2) is 8.52. The number of aromatic nitrogens is 4. The maximum absolute atomic E-state index is 6.17. The van der Waals surface area contributed by atoms with Gasteiger partial charge in [0.1, 0.15) is 0 Å². The number of piperidine rings is 2. The molecule has 2 aromatic heterocycles. The van der Waals surface area contributed by atoms with Gasteiger partial charge in [0.25, 0.3) is 0 Å². The van der Waals surface area contributed by atoms with Gasteiger partial charge >= 0.3 is 0 Å². The molecule has 2 aliphatic rings. The van der Waals surface area contributed by atoms with Gasteiger partial charge in [-0.2, -0.15) is 15.0 Å². The van der Waals surface area contributed by atoms with Crippen LogP contribution in [0.25, 0.3) is 0 Å². The third-order valence-electron chi connectivity index (χ3n) is 5.22. The molecule has 4 atom stereocenters. The number of hydrogen-bond acceptors (Lipinski definition) is 12. The SMILES string of the molecule is Nc1cncc(Nc2nc(N3C[C@H](N)C[C@H](N)C3)nc(N3C[C@H](N)C[C@H](N)C3)n2)c1. The number of hydrogen-bond donors (Lipinski definition) is 6. The van der Waals surface area contributed by atoms with Gasteiger partial charge in [-0.05, 0) is 18.9 Å². The lowest BCUT2D eigenvalue weighted by atomic mass is 10.0. The van der Waals surface area contributed by atoms with Crippen LogP contribution in [0.5, 0.6) is 0 Å². The molecule has 4 heterocycles. The van der Waals surface area contributed by atoms with E-state index in [0.29, 0.717) is 55.4 Å². The lowest BCUT2D eigenvalue weighted by Gasteiger charge is -2.37. The monoisotopic (exact) mass is 414 g/mol. The number of nitrogens with two attached hydrogens (primary N) is 5. The summed E-state index contributed by atoms with van der Waals surface area (Å²) >= 11 is 0. The van der Waals surface area contributed by atoms with E-state index in [9.17, 15) is 0 Å². The topological polar surface area (TPSA) is 200 Å². The molecule has 2 saturated heterocycles. The molecule has 12 nitrogen and oxygen atoms in total. The Bertz CT molecular complexity index is 812. The van der Waals surface area contributed by atoms with E-state index in [1.165, 1.54) is 0 Å². The van der Waals surface area contributed by atoms with E-state index in [1.54, 1.807) is 18.5 Å². The summed E-state index contributed by atoms with van der Waals surface area (Å²) in [6.07, 6.45) is 4.76. The van der Waals surface area contributed by atoms with Gasteiger partial charge in [0.05, 0.1) is 17.6 Å². The van der Waals surface area contributed by atoms with Crippen LogP contribution in [0, 0.1) is 0 Å². The van der Waals surface area contributed by atoms with Gasteiger partial charge in [-0.3, -0.25) is 4.98 Å². The van der Waals surface area contributed by atoms with Crippen LogP contribution >= 0.6 is 0 Å². The van der Waals surface area contributed by atoms with Gasteiger partial charge in [-0.1, -0.05) is 0 Å². The van der Waals surface area contributed by atoms with Gasteiger partial charge in [-0.15, -0.1) is 0 Å². The number of pyridine rings is 1. The molecule has 0 saturated carbocycles. The molecule has 0 aromatic carbocycles. The summed E-state index contributed by atoms with van der Waals surface area (Å²) in [4.78, 5) is 22.0. The first kappa shape index (κ1) is 20.5. The van der Waals surface area contributed by atoms with Crippen LogP contribution in [0.3, 0.4) is 0 Å². The largest absolute Gasteiger partial charge is 0.397 e. The molecule has 0 bridgehead atoms. The molecule has 0 amide bonds. The molecule has 30 heavy (non-hydrogen) atoms. The zero-order valence-corrected chi connectivity index (χ0v) is 16.9. The number of anilines is 5. The van der Waals surface area contributed by atoms with Crippen molar-refractivity contribution >= 4 is 29.2 Å². The van der Waals surface area contributed by atoms with Crippen molar-refractivity contribution < 1.29 is 0 Å². The number of rotatable bonds is 4. The van der Waals surface area contributed by atoms with E-state index in [4.69, 9.17) is 33.7 Å². The van der Waals surface area contributed by atoms with Gasteiger partial charge < -0.3 is 43.8 Å². The van der Waals surface area contributed by atoms with Crippen LogP contribution in [0.1, 0.15) is 12.8 Å². The number of nitrogens with zero attached hydrogens (tertiary/aromatic N) is 6. The molecular formula is C18H30N12. The quantitative estimate of drug-likeness (QED) is 0.332. The van der Waals surface area contributed by atoms with Gasteiger partial charge in [0.15, 0.2) is 0 Å². The van der Waals surface area contributed by atoms with Crippen molar-refractivity contribution in [3.8, 4) is 0 Å². The maximum atomic E-state index is 6.17. The molecule has 2 fully saturated rings. The van der Waals surface area contributed by atoms with Crippen molar-refractivity contribution in [1.29, 1.82) is 0 Å². The molecule has 0 unspecified atom stereocenters. The fraction of sp³-hybridized carbons (Fsp3) is 0.556.